The van der Waals surface area contributed by atoms with Crippen molar-refractivity contribution in [3.8, 4) is 21.0 Å². The zero-order valence-corrected chi connectivity index (χ0v) is 23.4. The molecule has 2 heterocycles. The molecule has 0 atom stereocenters. The highest BCUT2D eigenvalue weighted by Gasteiger charge is 2.26. The lowest BCUT2D eigenvalue weighted by Crippen LogP contribution is -2.40. The zero-order valence-electron chi connectivity index (χ0n) is 21.8. The molecular weight excluding hydrogens is 518 g/mol. The normalized spacial score (nSPS) is 11.8. The standard InChI is InChI=1S/C28H31N5O3S2/c1-28(2,3)33-38(35,36)25-14-20(17-31-26(34)15-19-6-5-13-30-16-19)7-12-23(25)24-18-32-27(37-24)21-8-10-22(29-4)11-9-21/h5-14,16,18,29,33H,15,17H2,1-4H3,(H,31,34). The van der Waals surface area contributed by atoms with Crippen molar-refractivity contribution in [2.24, 2.45) is 0 Å². The highest BCUT2D eigenvalue weighted by Crippen LogP contribution is 2.36. The summed E-state index contributed by atoms with van der Waals surface area (Å²) in [5, 5.41) is 6.76. The Morgan fingerprint density at radius 1 is 1.00 bits per heavy atom. The van der Waals surface area contributed by atoms with Crippen LogP contribution in [0, 0.1) is 0 Å². The van der Waals surface area contributed by atoms with Crippen LogP contribution in [0.1, 0.15) is 31.9 Å². The SMILES string of the molecule is CNc1ccc(-c2ncc(-c3ccc(CNC(=O)Cc4cccnc4)cc3S(=O)(=O)NC(C)(C)C)s2)cc1. The van der Waals surface area contributed by atoms with Gasteiger partial charge in [-0.25, -0.2) is 18.1 Å². The van der Waals surface area contributed by atoms with Gasteiger partial charge in [0.2, 0.25) is 15.9 Å². The number of hydrogen-bond donors (Lipinski definition) is 3. The molecule has 0 aliphatic carbocycles. The first-order valence-electron chi connectivity index (χ1n) is 12.1. The smallest absolute Gasteiger partial charge is 0.241 e. The summed E-state index contributed by atoms with van der Waals surface area (Å²) < 4.78 is 29.7. The minimum Gasteiger partial charge on any atom is -0.388 e. The number of hydrogen-bond acceptors (Lipinski definition) is 7. The molecule has 2 aromatic carbocycles. The van der Waals surface area contributed by atoms with Gasteiger partial charge in [0.05, 0.1) is 16.2 Å². The van der Waals surface area contributed by atoms with Crippen molar-refractivity contribution in [2.45, 2.75) is 44.2 Å². The molecule has 0 radical (unpaired) electrons. The number of nitrogens with zero attached hydrogens (tertiary/aromatic N) is 2. The van der Waals surface area contributed by atoms with Crippen LogP contribution in [0.25, 0.3) is 21.0 Å². The number of carbonyl (C=O) groups excluding carboxylic acids is 1. The van der Waals surface area contributed by atoms with Gasteiger partial charge in [0.1, 0.15) is 5.01 Å². The summed E-state index contributed by atoms with van der Waals surface area (Å²) in [4.78, 5) is 21.9. The van der Waals surface area contributed by atoms with E-state index in [-0.39, 0.29) is 23.8 Å². The summed E-state index contributed by atoms with van der Waals surface area (Å²) in [6.45, 7) is 5.59. The van der Waals surface area contributed by atoms with Gasteiger partial charge in [-0.05, 0) is 68.3 Å². The van der Waals surface area contributed by atoms with Crippen molar-refractivity contribution in [3.63, 3.8) is 0 Å². The molecule has 8 nitrogen and oxygen atoms in total. The van der Waals surface area contributed by atoms with Gasteiger partial charge in [0.25, 0.3) is 0 Å². The van der Waals surface area contributed by atoms with Crippen LogP contribution in [0.3, 0.4) is 0 Å². The highest BCUT2D eigenvalue weighted by atomic mass is 32.2. The summed E-state index contributed by atoms with van der Waals surface area (Å²) in [5.41, 5.74) is 3.32. The lowest BCUT2D eigenvalue weighted by atomic mass is 10.1. The van der Waals surface area contributed by atoms with Crippen molar-refractivity contribution >= 4 is 33.0 Å². The molecule has 198 valence electrons. The second-order valence-electron chi connectivity index (χ2n) is 9.86. The predicted octanol–water partition coefficient (Wildman–Crippen LogP) is 4.85. The number of thiazole rings is 1. The Morgan fingerprint density at radius 2 is 1.76 bits per heavy atom. The van der Waals surface area contributed by atoms with Crippen LogP contribution in [0.4, 0.5) is 5.69 Å². The molecule has 0 saturated carbocycles. The fourth-order valence-electron chi connectivity index (χ4n) is 3.82. The Balaban J connectivity index is 1.63. The molecule has 0 fully saturated rings. The lowest BCUT2D eigenvalue weighted by molar-refractivity contribution is -0.120. The number of nitrogens with one attached hydrogen (secondary N) is 3. The van der Waals surface area contributed by atoms with E-state index >= 15 is 0 Å². The minimum absolute atomic E-state index is 0.146. The zero-order chi connectivity index (χ0) is 27.3. The maximum atomic E-state index is 13.5. The molecular formula is C28H31N5O3S2. The second kappa shape index (κ2) is 11.4. The maximum absolute atomic E-state index is 13.5. The van der Waals surface area contributed by atoms with Crippen LogP contribution >= 0.6 is 11.3 Å². The summed E-state index contributed by atoms with van der Waals surface area (Å²) in [5.74, 6) is -0.171. The van der Waals surface area contributed by atoms with Gasteiger partial charge in [0, 0.05) is 54.5 Å². The molecule has 3 N–H and O–H groups in total. The van der Waals surface area contributed by atoms with Crippen molar-refractivity contribution < 1.29 is 13.2 Å². The van der Waals surface area contributed by atoms with E-state index in [1.54, 1.807) is 57.6 Å². The van der Waals surface area contributed by atoms with Crippen molar-refractivity contribution in [1.82, 2.24) is 20.0 Å². The third-order valence-electron chi connectivity index (χ3n) is 5.54. The third kappa shape index (κ3) is 7.03. The van der Waals surface area contributed by atoms with E-state index in [0.29, 0.717) is 11.1 Å². The number of carbonyl (C=O) groups is 1. The van der Waals surface area contributed by atoms with E-state index in [1.807, 2.05) is 43.4 Å². The van der Waals surface area contributed by atoms with E-state index in [4.69, 9.17) is 0 Å². The predicted molar refractivity (Wildman–Crippen MR) is 152 cm³/mol. The number of anilines is 1. The number of sulfonamides is 1. The van der Waals surface area contributed by atoms with Crippen molar-refractivity contribution in [1.29, 1.82) is 0 Å². The Kier molecular flexibility index (Phi) is 8.25. The monoisotopic (exact) mass is 549 g/mol. The topological polar surface area (TPSA) is 113 Å². The first kappa shape index (κ1) is 27.4. The molecule has 0 aliphatic rings. The maximum Gasteiger partial charge on any atom is 0.241 e. The molecule has 0 saturated heterocycles. The van der Waals surface area contributed by atoms with Gasteiger partial charge in [-0.2, -0.15) is 0 Å². The minimum atomic E-state index is -3.87. The lowest BCUT2D eigenvalue weighted by Gasteiger charge is -2.22. The fourth-order valence-corrected chi connectivity index (χ4v) is 6.54. The average molecular weight is 550 g/mol. The van der Waals surface area contributed by atoms with Crippen LogP contribution in [0.15, 0.2) is 78.1 Å². The van der Waals surface area contributed by atoms with Crippen molar-refractivity contribution in [3.05, 3.63) is 84.3 Å². The van der Waals surface area contributed by atoms with Crippen LogP contribution in [0.5, 0.6) is 0 Å². The van der Waals surface area contributed by atoms with E-state index < -0.39 is 15.6 Å². The molecule has 2 aromatic heterocycles. The van der Waals surface area contributed by atoms with Crippen LogP contribution in [-0.2, 0) is 27.8 Å². The second-order valence-corrected chi connectivity index (χ2v) is 12.5. The molecule has 0 unspecified atom stereocenters. The average Bonchev–Trinajstić information content (AvgIpc) is 3.37. The molecule has 10 heteroatoms. The van der Waals surface area contributed by atoms with Crippen molar-refractivity contribution in [2.75, 3.05) is 12.4 Å². The van der Waals surface area contributed by atoms with Gasteiger partial charge in [-0.3, -0.25) is 9.78 Å². The van der Waals surface area contributed by atoms with Crippen LogP contribution in [-0.4, -0.2) is 36.9 Å². The molecule has 1 amide bonds. The Bertz CT molecular complexity index is 1510. The quantitative estimate of drug-likeness (QED) is 0.275. The molecule has 38 heavy (non-hydrogen) atoms. The van der Waals surface area contributed by atoms with E-state index in [2.05, 4.69) is 25.3 Å². The molecule has 0 spiro atoms. The van der Waals surface area contributed by atoms with E-state index in [1.165, 1.54) is 11.3 Å². The molecule has 0 bridgehead atoms. The largest absolute Gasteiger partial charge is 0.388 e. The first-order chi connectivity index (χ1) is 18.0. The number of rotatable bonds is 9. The van der Waals surface area contributed by atoms with Gasteiger partial charge >= 0.3 is 0 Å². The highest BCUT2D eigenvalue weighted by molar-refractivity contribution is 7.89. The number of pyridine rings is 1. The van der Waals surface area contributed by atoms with E-state index in [9.17, 15) is 13.2 Å². The Morgan fingerprint density at radius 3 is 2.42 bits per heavy atom. The van der Waals surface area contributed by atoms with E-state index in [0.717, 1.165) is 26.7 Å². The summed E-state index contributed by atoms with van der Waals surface area (Å²) >= 11 is 1.43. The third-order valence-corrected chi connectivity index (χ3v) is 8.42. The number of aromatic nitrogens is 2. The summed E-state index contributed by atoms with van der Waals surface area (Å²) in [6.07, 6.45) is 5.20. The van der Waals surface area contributed by atoms with Crippen LogP contribution in [0.2, 0.25) is 0 Å². The summed E-state index contributed by atoms with van der Waals surface area (Å²) in [7, 11) is -2.01. The molecule has 4 rings (SSSR count). The van der Waals surface area contributed by atoms with Gasteiger partial charge in [-0.1, -0.05) is 18.2 Å². The molecule has 4 aromatic rings. The number of benzene rings is 2. The van der Waals surface area contributed by atoms with Gasteiger partial charge < -0.3 is 10.6 Å². The fraction of sp³-hybridized carbons (Fsp3) is 0.250. The summed E-state index contributed by atoms with van der Waals surface area (Å²) in [6, 6.07) is 16.7. The Hall–Kier alpha value is -3.60. The number of amides is 1. The molecule has 0 aliphatic heterocycles. The van der Waals surface area contributed by atoms with Gasteiger partial charge in [-0.15, -0.1) is 11.3 Å². The van der Waals surface area contributed by atoms with Crippen LogP contribution < -0.4 is 15.4 Å². The van der Waals surface area contributed by atoms with Gasteiger partial charge in [0.15, 0.2) is 0 Å². The first-order valence-corrected chi connectivity index (χ1v) is 14.4. The Labute approximate surface area is 227 Å².